The van der Waals surface area contributed by atoms with Gasteiger partial charge in [-0.15, -0.1) is 0 Å². The highest BCUT2D eigenvalue weighted by molar-refractivity contribution is 5.77. The van der Waals surface area contributed by atoms with Gasteiger partial charge in [0.05, 0.1) is 24.9 Å². The Balaban J connectivity index is 1.45. The van der Waals surface area contributed by atoms with Crippen LogP contribution in [0.2, 0.25) is 0 Å². The molecule has 1 unspecified atom stereocenters. The van der Waals surface area contributed by atoms with Gasteiger partial charge in [0.2, 0.25) is 5.91 Å². The van der Waals surface area contributed by atoms with E-state index in [9.17, 15) is 4.79 Å². The topological polar surface area (TPSA) is 60.9 Å². The number of amides is 1. The highest BCUT2D eigenvalue weighted by Crippen LogP contribution is 2.37. The molecule has 23 heavy (non-hydrogen) atoms. The summed E-state index contributed by atoms with van der Waals surface area (Å²) >= 11 is 0. The van der Waals surface area contributed by atoms with Crippen LogP contribution in [0.25, 0.3) is 0 Å². The molecule has 0 radical (unpaired) electrons. The van der Waals surface area contributed by atoms with Crippen LogP contribution < -0.4 is 0 Å². The van der Waals surface area contributed by atoms with Gasteiger partial charge in [-0.1, -0.05) is 6.07 Å². The SMILES string of the molecule is COCC(=O)N1CCC2(CC1)CC(OCc1cccnc1)CO2. The Morgan fingerprint density at radius 3 is 3.00 bits per heavy atom. The smallest absolute Gasteiger partial charge is 0.248 e. The van der Waals surface area contributed by atoms with E-state index >= 15 is 0 Å². The van der Waals surface area contributed by atoms with Crippen molar-refractivity contribution in [2.24, 2.45) is 0 Å². The molecule has 2 aliphatic heterocycles. The molecule has 3 rings (SSSR count). The van der Waals surface area contributed by atoms with Crippen LogP contribution in [0.4, 0.5) is 0 Å². The summed E-state index contributed by atoms with van der Waals surface area (Å²) in [7, 11) is 1.55. The first kappa shape index (κ1) is 16.4. The lowest BCUT2D eigenvalue weighted by Gasteiger charge is -2.38. The first-order valence-corrected chi connectivity index (χ1v) is 8.12. The molecule has 126 valence electrons. The van der Waals surface area contributed by atoms with Crippen molar-refractivity contribution >= 4 is 5.91 Å². The fourth-order valence-electron chi connectivity index (χ4n) is 3.33. The van der Waals surface area contributed by atoms with Gasteiger partial charge in [0.15, 0.2) is 0 Å². The van der Waals surface area contributed by atoms with E-state index in [1.165, 1.54) is 0 Å². The molecule has 2 saturated heterocycles. The largest absolute Gasteiger partial charge is 0.375 e. The zero-order valence-corrected chi connectivity index (χ0v) is 13.6. The molecule has 0 bridgehead atoms. The minimum atomic E-state index is -0.122. The van der Waals surface area contributed by atoms with Crippen molar-refractivity contribution in [2.75, 3.05) is 33.4 Å². The van der Waals surface area contributed by atoms with Crippen LogP contribution >= 0.6 is 0 Å². The molecule has 1 amide bonds. The van der Waals surface area contributed by atoms with Crippen LogP contribution in [0, 0.1) is 0 Å². The normalized spacial score (nSPS) is 23.3. The van der Waals surface area contributed by atoms with Gasteiger partial charge >= 0.3 is 0 Å². The second-order valence-electron chi connectivity index (χ2n) is 6.31. The van der Waals surface area contributed by atoms with E-state index < -0.39 is 0 Å². The van der Waals surface area contributed by atoms with Crippen LogP contribution in [-0.4, -0.2) is 60.9 Å². The molecule has 1 aromatic heterocycles. The number of piperidine rings is 1. The number of pyridine rings is 1. The fourth-order valence-corrected chi connectivity index (χ4v) is 3.33. The lowest BCUT2D eigenvalue weighted by Crippen LogP contribution is -2.47. The Labute approximate surface area is 136 Å². The summed E-state index contributed by atoms with van der Waals surface area (Å²) in [5.74, 6) is 0.0599. The fraction of sp³-hybridized carbons (Fsp3) is 0.647. The number of aromatic nitrogens is 1. The highest BCUT2D eigenvalue weighted by atomic mass is 16.6. The second-order valence-corrected chi connectivity index (χ2v) is 6.31. The number of rotatable bonds is 5. The molecule has 0 aromatic carbocycles. The van der Waals surface area contributed by atoms with Gasteiger partial charge in [-0.2, -0.15) is 0 Å². The average Bonchev–Trinajstić information content (AvgIpc) is 2.98. The molecule has 1 atom stereocenters. The van der Waals surface area contributed by atoms with E-state index in [4.69, 9.17) is 14.2 Å². The molecule has 6 heteroatoms. The monoisotopic (exact) mass is 320 g/mol. The summed E-state index contributed by atoms with van der Waals surface area (Å²) in [5.41, 5.74) is 0.956. The Morgan fingerprint density at radius 1 is 1.48 bits per heavy atom. The van der Waals surface area contributed by atoms with E-state index in [0.29, 0.717) is 13.2 Å². The first-order chi connectivity index (χ1) is 11.2. The summed E-state index contributed by atoms with van der Waals surface area (Å²) in [6.45, 7) is 2.82. The number of hydrogen-bond donors (Lipinski definition) is 0. The molecule has 0 saturated carbocycles. The van der Waals surface area contributed by atoms with Crippen molar-refractivity contribution < 1.29 is 19.0 Å². The first-order valence-electron chi connectivity index (χ1n) is 8.12. The number of carbonyl (C=O) groups is 1. The van der Waals surface area contributed by atoms with Crippen molar-refractivity contribution in [1.82, 2.24) is 9.88 Å². The molecule has 1 spiro atoms. The summed E-state index contributed by atoms with van der Waals surface area (Å²) < 4.78 is 16.9. The van der Waals surface area contributed by atoms with Crippen molar-refractivity contribution in [2.45, 2.75) is 37.6 Å². The molecule has 0 N–H and O–H groups in total. The Morgan fingerprint density at radius 2 is 2.30 bits per heavy atom. The minimum Gasteiger partial charge on any atom is -0.375 e. The number of nitrogens with zero attached hydrogens (tertiary/aromatic N) is 2. The number of ether oxygens (including phenoxy) is 3. The lowest BCUT2D eigenvalue weighted by molar-refractivity contribution is -0.139. The Kier molecular flexibility index (Phi) is 5.25. The third-order valence-electron chi connectivity index (χ3n) is 4.68. The maximum absolute atomic E-state index is 11.9. The zero-order valence-electron chi connectivity index (χ0n) is 13.6. The second kappa shape index (κ2) is 7.38. The summed E-state index contributed by atoms with van der Waals surface area (Å²) in [5, 5.41) is 0. The summed E-state index contributed by atoms with van der Waals surface area (Å²) in [4.78, 5) is 17.8. The minimum absolute atomic E-state index is 0.0599. The Bertz CT molecular complexity index is 515. The maximum atomic E-state index is 11.9. The van der Waals surface area contributed by atoms with Gasteiger partial charge in [0.25, 0.3) is 0 Å². The highest BCUT2D eigenvalue weighted by Gasteiger charge is 2.43. The summed E-state index contributed by atoms with van der Waals surface area (Å²) in [6.07, 6.45) is 6.35. The van der Waals surface area contributed by atoms with Gasteiger partial charge in [0.1, 0.15) is 6.61 Å². The van der Waals surface area contributed by atoms with Gasteiger partial charge < -0.3 is 19.1 Å². The van der Waals surface area contributed by atoms with Gasteiger partial charge in [0, 0.05) is 39.0 Å². The van der Waals surface area contributed by atoms with E-state index in [-0.39, 0.29) is 24.2 Å². The molecule has 6 nitrogen and oxygen atoms in total. The molecule has 0 aliphatic carbocycles. The molecular weight excluding hydrogens is 296 g/mol. The quantitative estimate of drug-likeness (QED) is 0.820. The Hall–Kier alpha value is -1.50. The van der Waals surface area contributed by atoms with Crippen LogP contribution in [0.3, 0.4) is 0 Å². The van der Waals surface area contributed by atoms with Crippen LogP contribution in [0.5, 0.6) is 0 Å². The standard InChI is InChI=1S/C17H24N2O4/c1-21-13-16(20)19-7-4-17(5-8-19)9-15(12-23-17)22-11-14-3-2-6-18-10-14/h2-3,6,10,15H,4-5,7-9,11-13H2,1H3. The van der Waals surface area contributed by atoms with Crippen molar-refractivity contribution in [3.63, 3.8) is 0 Å². The van der Waals surface area contributed by atoms with E-state index in [2.05, 4.69) is 4.98 Å². The van der Waals surface area contributed by atoms with Crippen molar-refractivity contribution in [3.05, 3.63) is 30.1 Å². The van der Waals surface area contributed by atoms with Crippen molar-refractivity contribution in [1.29, 1.82) is 0 Å². The van der Waals surface area contributed by atoms with E-state index in [1.54, 1.807) is 13.3 Å². The zero-order chi connectivity index (χ0) is 16.1. The van der Waals surface area contributed by atoms with Crippen LogP contribution in [0.15, 0.2) is 24.5 Å². The van der Waals surface area contributed by atoms with Crippen LogP contribution in [-0.2, 0) is 25.6 Å². The number of carbonyl (C=O) groups excluding carboxylic acids is 1. The predicted molar refractivity (Wildman–Crippen MR) is 83.8 cm³/mol. The summed E-state index contributed by atoms with van der Waals surface area (Å²) in [6, 6.07) is 3.93. The van der Waals surface area contributed by atoms with E-state index in [1.807, 2.05) is 23.2 Å². The number of hydrogen-bond acceptors (Lipinski definition) is 5. The lowest BCUT2D eigenvalue weighted by atomic mass is 9.88. The van der Waals surface area contributed by atoms with Gasteiger partial charge in [-0.05, 0) is 24.5 Å². The molecule has 1 aromatic rings. The van der Waals surface area contributed by atoms with Gasteiger partial charge in [-0.25, -0.2) is 0 Å². The molecule has 2 aliphatic rings. The number of likely N-dealkylation sites (tertiary alicyclic amines) is 1. The molecule has 2 fully saturated rings. The van der Waals surface area contributed by atoms with Crippen molar-refractivity contribution in [3.8, 4) is 0 Å². The third kappa shape index (κ3) is 4.07. The van der Waals surface area contributed by atoms with Crippen LogP contribution in [0.1, 0.15) is 24.8 Å². The number of methoxy groups -OCH3 is 1. The average molecular weight is 320 g/mol. The third-order valence-corrected chi connectivity index (χ3v) is 4.68. The van der Waals surface area contributed by atoms with E-state index in [0.717, 1.165) is 37.9 Å². The molecule has 3 heterocycles. The maximum Gasteiger partial charge on any atom is 0.248 e. The predicted octanol–water partition coefficient (Wildman–Crippen LogP) is 1.39. The van der Waals surface area contributed by atoms with Gasteiger partial charge in [-0.3, -0.25) is 9.78 Å². The molecular formula is C17H24N2O4.